The van der Waals surface area contributed by atoms with E-state index >= 15 is 0 Å². The Morgan fingerprint density at radius 3 is 1.35 bits per heavy atom. The van der Waals surface area contributed by atoms with Crippen LogP contribution < -0.4 is 0 Å². The fourth-order valence-electron chi connectivity index (χ4n) is 8.50. The number of aromatic nitrogens is 2. The molecule has 0 aliphatic heterocycles. The van der Waals surface area contributed by atoms with Crippen molar-refractivity contribution in [2.24, 2.45) is 10.3 Å². The highest BCUT2D eigenvalue weighted by Gasteiger charge is 2.19. The number of rotatable bonds is 12. The van der Waals surface area contributed by atoms with Crippen LogP contribution in [0.5, 0.6) is 0 Å². The molecular weight excluding hydrogens is 904 g/mol. The Morgan fingerprint density at radius 1 is 0.493 bits per heavy atom. The van der Waals surface area contributed by atoms with E-state index in [2.05, 4.69) is 33.3 Å². The normalized spacial score (nSPS) is 11.8. The van der Waals surface area contributed by atoms with E-state index in [-0.39, 0.29) is 11.6 Å². The predicted molar refractivity (Wildman–Crippen MR) is 278 cm³/mol. The number of halogens is 1. The molecule has 346 valence electrons. The number of ketones is 2. The Kier molecular flexibility index (Phi) is 14.4. The molecule has 0 unspecified atom stereocenters. The molecular formula is C57H49ClN4O6S. The van der Waals surface area contributed by atoms with Crippen molar-refractivity contribution in [2.45, 2.75) is 71.3 Å². The third-order valence-electron chi connectivity index (χ3n) is 11.9. The standard InChI is InChI=1S/C31H25ClN2O3S.C26H24N2O3/c1-4-34-29-14-10-21(19(2)33-37-20(3)35)16-26(29)27-17-22(11-15-30(27)34)31(36)25-13-12-24(18-28(25)32)38-23-8-6-5-7-9-23;1-5-28-24-12-10-19(17(3)27-31-18(4)29)14-22(24)23-15-20(11-13-25(23)28)26(30)21-9-7-6-8-16(21)2/h5-18H,4H2,1-3H3;6-15H,5H2,1-4H3/b33-19+;27-17+. The van der Waals surface area contributed by atoms with E-state index in [1.54, 1.807) is 31.7 Å². The van der Waals surface area contributed by atoms with Gasteiger partial charge in [0.1, 0.15) is 0 Å². The molecule has 10 nitrogen and oxygen atoms in total. The fourth-order valence-corrected chi connectivity index (χ4v) is 9.71. The summed E-state index contributed by atoms with van der Waals surface area (Å²) in [5, 5.41) is 12.3. The second kappa shape index (κ2) is 20.7. The fraction of sp³-hybridized carbons (Fsp3) is 0.158. The second-order valence-electron chi connectivity index (χ2n) is 16.5. The first-order valence-electron chi connectivity index (χ1n) is 22.5. The van der Waals surface area contributed by atoms with Gasteiger partial charge in [-0.25, -0.2) is 9.59 Å². The molecule has 2 heterocycles. The third-order valence-corrected chi connectivity index (χ3v) is 13.2. The van der Waals surface area contributed by atoms with Crippen molar-refractivity contribution in [2.75, 3.05) is 0 Å². The summed E-state index contributed by atoms with van der Waals surface area (Å²) >= 11 is 8.20. The molecule has 69 heavy (non-hydrogen) atoms. The van der Waals surface area contributed by atoms with E-state index in [9.17, 15) is 19.2 Å². The molecule has 7 aromatic carbocycles. The van der Waals surface area contributed by atoms with Gasteiger partial charge in [-0.05, 0) is 142 Å². The van der Waals surface area contributed by atoms with Gasteiger partial charge in [0.2, 0.25) is 0 Å². The molecule has 9 aromatic rings. The number of fused-ring (bicyclic) bond motifs is 6. The maximum Gasteiger partial charge on any atom is 0.331 e. The van der Waals surface area contributed by atoms with Crippen molar-refractivity contribution < 1.29 is 28.9 Å². The summed E-state index contributed by atoms with van der Waals surface area (Å²) < 4.78 is 4.44. The van der Waals surface area contributed by atoms with Gasteiger partial charge in [0, 0.05) is 103 Å². The van der Waals surface area contributed by atoms with Gasteiger partial charge in [-0.1, -0.05) is 88.3 Å². The SMILES string of the molecule is CCn1c2ccc(C(=O)c3ccc(Sc4ccccc4)cc3Cl)cc2c2cc(/C(C)=N/OC(C)=O)ccc21.CCn1c2ccc(C(=O)c3ccccc3C)cc2c2cc(/C(C)=N/OC(C)=O)ccc21. The summed E-state index contributed by atoms with van der Waals surface area (Å²) in [4.78, 5) is 60.7. The Balaban J connectivity index is 0.000000190. The zero-order chi connectivity index (χ0) is 48.9. The summed E-state index contributed by atoms with van der Waals surface area (Å²) in [5.74, 6) is -1.04. The van der Waals surface area contributed by atoms with Crippen LogP contribution in [-0.2, 0) is 32.4 Å². The lowest BCUT2D eigenvalue weighted by atomic mass is 9.97. The van der Waals surface area contributed by atoms with Gasteiger partial charge in [0.05, 0.1) is 16.4 Å². The molecule has 0 saturated heterocycles. The number of carbonyl (C=O) groups is 4. The van der Waals surface area contributed by atoms with Crippen LogP contribution in [0.3, 0.4) is 0 Å². The monoisotopic (exact) mass is 952 g/mol. The van der Waals surface area contributed by atoms with Crippen LogP contribution in [0.2, 0.25) is 5.02 Å². The highest BCUT2D eigenvalue weighted by atomic mass is 35.5. The third kappa shape index (κ3) is 10.2. The van der Waals surface area contributed by atoms with Gasteiger partial charge >= 0.3 is 11.9 Å². The van der Waals surface area contributed by atoms with Gasteiger partial charge in [-0.15, -0.1) is 0 Å². The molecule has 0 fully saturated rings. The molecule has 0 aliphatic rings. The summed E-state index contributed by atoms with van der Waals surface area (Å²) in [6, 6.07) is 46.9. The van der Waals surface area contributed by atoms with Gasteiger partial charge in [-0.3, -0.25) is 9.59 Å². The number of hydrogen-bond donors (Lipinski definition) is 0. The van der Waals surface area contributed by atoms with Crippen LogP contribution in [0.1, 0.15) is 90.1 Å². The molecule has 0 aliphatic carbocycles. The molecule has 2 aromatic heterocycles. The van der Waals surface area contributed by atoms with Crippen molar-refractivity contribution in [1.82, 2.24) is 9.13 Å². The quantitative estimate of drug-likeness (QED) is 0.0517. The van der Waals surface area contributed by atoms with Crippen LogP contribution in [0.4, 0.5) is 0 Å². The molecule has 0 N–H and O–H groups in total. The van der Waals surface area contributed by atoms with E-state index in [1.807, 2.05) is 146 Å². The van der Waals surface area contributed by atoms with Crippen molar-refractivity contribution in [1.29, 1.82) is 0 Å². The maximum absolute atomic E-state index is 13.6. The highest BCUT2D eigenvalue weighted by molar-refractivity contribution is 7.99. The van der Waals surface area contributed by atoms with Gasteiger partial charge in [-0.2, -0.15) is 0 Å². The van der Waals surface area contributed by atoms with Crippen LogP contribution in [-0.4, -0.2) is 44.1 Å². The van der Waals surface area contributed by atoms with E-state index in [4.69, 9.17) is 21.3 Å². The van der Waals surface area contributed by atoms with E-state index in [0.717, 1.165) is 83.2 Å². The molecule has 0 bridgehead atoms. The van der Waals surface area contributed by atoms with Crippen LogP contribution >= 0.6 is 23.4 Å². The van der Waals surface area contributed by atoms with Crippen LogP contribution in [0.25, 0.3) is 43.6 Å². The number of benzene rings is 7. The summed E-state index contributed by atoms with van der Waals surface area (Å²) in [6.45, 7) is 14.0. The van der Waals surface area contributed by atoms with E-state index in [1.165, 1.54) is 13.8 Å². The second-order valence-corrected chi connectivity index (χ2v) is 18.0. The van der Waals surface area contributed by atoms with E-state index < -0.39 is 11.9 Å². The molecule has 0 saturated carbocycles. The minimum Gasteiger partial charge on any atom is -0.341 e. The topological polar surface area (TPSA) is 121 Å². The molecule has 9 rings (SSSR count). The van der Waals surface area contributed by atoms with Crippen molar-refractivity contribution in [3.8, 4) is 0 Å². The number of aryl methyl sites for hydroxylation is 3. The largest absolute Gasteiger partial charge is 0.341 e. The van der Waals surface area contributed by atoms with Crippen LogP contribution in [0, 0.1) is 6.92 Å². The van der Waals surface area contributed by atoms with Crippen LogP contribution in [0.15, 0.2) is 166 Å². The average Bonchev–Trinajstić information content (AvgIpc) is 3.85. The smallest absolute Gasteiger partial charge is 0.331 e. The predicted octanol–water partition coefficient (Wildman–Crippen LogP) is 13.8. The van der Waals surface area contributed by atoms with Gasteiger partial charge in [0.15, 0.2) is 11.6 Å². The van der Waals surface area contributed by atoms with Crippen molar-refractivity contribution in [3.63, 3.8) is 0 Å². The number of oxime groups is 2. The van der Waals surface area contributed by atoms with Crippen molar-refractivity contribution >= 4 is 102 Å². The zero-order valence-corrected chi connectivity index (χ0v) is 40.9. The number of carbonyl (C=O) groups excluding carboxylic acids is 4. The first kappa shape index (κ1) is 47.9. The van der Waals surface area contributed by atoms with E-state index in [0.29, 0.717) is 38.7 Å². The zero-order valence-electron chi connectivity index (χ0n) is 39.3. The maximum atomic E-state index is 13.6. The Morgan fingerprint density at radius 2 is 0.913 bits per heavy atom. The average molecular weight is 954 g/mol. The highest BCUT2D eigenvalue weighted by Crippen LogP contribution is 2.35. The first-order valence-corrected chi connectivity index (χ1v) is 23.7. The lowest BCUT2D eigenvalue weighted by Gasteiger charge is -2.08. The lowest BCUT2D eigenvalue weighted by Crippen LogP contribution is -2.03. The summed E-state index contributed by atoms with van der Waals surface area (Å²) in [5.41, 5.74) is 10.5. The minimum atomic E-state index is -0.471. The molecule has 0 radical (unpaired) electrons. The van der Waals surface area contributed by atoms with Gasteiger partial charge in [0.25, 0.3) is 0 Å². The number of hydrogen-bond acceptors (Lipinski definition) is 9. The molecule has 0 amide bonds. The number of nitrogens with zero attached hydrogens (tertiary/aromatic N) is 4. The molecule has 12 heteroatoms. The molecule has 0 atom stereocenters. The Hall–Kier alpha value is -7.60. The minimum absolute atomic E-state index is 0.0150. The first-order chi connectivity index (χ1) is 33.3. The molecule has 0 spiro atoms. The lowest BCUT2D eigenvalue weighted by molar-refractivity contribution is -0.141. The summed E-state index contributed by atoms with van der Waals surface area (Å²) in [6.07, 6.45) is 0. The Labute approximate surface area is 409 Å². The summed E-state index contributed by atoms with van der Waals surface area (Å²) in [7, 11) is 0. The van der Waals surface area contributed by atoms with Crippen molar-refractivity contribution in [3.05, 3.63) is 190 Å². The Bertz CT molecular complexity index is 3550. The van der Waals surface area contributed by atoms with Gasteiger partial charge < -0.3 is 18.8 Å².